The van der Waals surface area contributed by atoms with Gasteiger partial charge in [-0.3, -0.25) is 0 Å². The molecule has 0 unspecified atom stereocenters. The Labute approximate surface area is 69.5 Å². The van der Waals surface area contributed by atoms with Gasteiger partial charge in [-0.05, 0) is 18.2 Å². The average Bonchev–Trinajstić information content (AvgIpc) is 2.04. The molecule has 0 saturated carbocycles. The van der Waals surface area contributed by atoms with Crippen molar-refractivity contribution < 1.29 is 15.0 Å². The Morgan fingerprint density at radius 3 is 2.58 bits per heavy atom. The first-order valence-corrected chi connectivity index (χ1v) is 3.39. The minimum absolute atomic E-state index is 0.0580. The highest BCUT2D eigenvalue weighted by molar-refractivity contribution is 5.89. The summed E-state index contributed by atoms with van der Waals surface area (Å²) in [5.74, 6) is -1.11. The summed E-state index contributed by atoms with van der Waals surface area (Å²) in [6.45, 7) is 0. The van der Waals surface area contributed by atoms with Gasteiger partial charge in [0.05, 0.1) is 11.3 Å². The summed E-state index contributed by atoms with van der Waals surface area (Å²) >= 11 is 0. The smallest absolute Gasteiger partial charge is 0.335 e. The first-order valence-electron chi connectivity index (χ1n) is 3.39. The monoisotopic (exact) mass is 167 g/mol. The molecule has 4 nitrogen and oxygen atoms in total. The molecular weight excluding hydrogens is 158 g/mol. The number of carbonyl (C=O) groups is 1. The summed E-state index contributed by atoms with van der Waals surface area (Å²) in [6.07, 6.45) is 0. The molecule has 0 saturated heterocycles. The van der Waals surface area contributed by atoms with Crippen LogP contribution < -0.4 is 5.32 Å². The van der Waals surface area contributed by atoms with Crippen LogP contribution in [0.3, 0.4) is 0 Å². The SMILES string of the molecule is CNc1ccc(C(=O)O)cc1O. The van der Waals surface area contributed by atoms with E-state index in [-0.39, 0.29) is 11.3 Å². The normalized spacial score (nSPS) is 9.42. The second-order valence-electron chi connectivity index (χ2n) is 2.29. The molecule has 0 radical (unpaired) electrons. The molecule has 4 heteroatoms. The van der Waals surface area contributed by atoms with Crippen LogP contribution in [0.15, 0.2) is 18.2 Å². The van der Waals surface area contributed by atoms with Crippen LogP contribution >= 0.6 is 0 Å². The Bertz CT molecular complexity index is 309. The third kappa shape index (κ3) is 1.47. The summed E-state index contributed by atoms with van der Waals surface area (Å²) in [7, 11) is 1.65. The number of hydrogen-bond acceptors (Lipinski definition) is 3. The van der Waals surface area contributed by atoms with Crippen LogP contribution in [0.2, 0.25) is 0 Å². The van der Waals surface area contributed by atoms with E-state index < -0.39 is 5.97 Å². The first-order chi connectivity index (χ1) is 5.65. The number of benzene rings is 1. The third-order valence-corrected chi connectivity index (χ3v) is 1.51. The van der Waals surface area contributed by atoms with Crippen molar-refractivity contribution in [3.63, 3.8) is 0 Å². The van der Waals surface area contributed by atoms with Crippen LogP contribution in [0.5, 0.6) is 5.75 Å². The number of aromatic carboxylic acids is 1. The van der Waals surface area contributed by atoms with Crippen LogP contribution in [-0.4, -0.2) is 23.2 Å². The highest BCUT2D eigenvalue weighted by atomic mass is 16.4. The zero-order valence-corrected chi connectivity index (χ0v) is 6.53. The van der Waals surface area contributed by atoms with Gasteiger partial charge in [-0.15, -0.1) is 0 Å². The van der Waals surface area contributed by atoms with Crippen molar-refractivity contribution in [1.82, 2.24) is 0 Å². The van der Waals surface area contributed by atoms with Crippen molar-refractivity contribution in [2.24, 2.45) is 0 Å². The van der Waals surface area contributed by atoms with Gasteiger partial charge in [0.25, 0.3) is 0 Å². The summed E-state index contributed by atoms with van der Waals surface area (Å²) in [5, 5.41) is 20.5. The maximum Gasteiger partial charge on any atom is 0.335 e. The fraction of sp³-hybridized carbons (Fsp3) is 0.125. The number of carboxylic acids is 1. The molecule has 0 bridgehead atoms. The van der Waals surface area contributed by atoms with Gasteiger partial charge in [0.2, 0.25) is 0 Å². The number of rotatable bonds is 2. The van der Waals surface area contributed by atoms with Gasteiger partial charge in [-0.25, -0.2) is 4.79 Å². The minimum Gasteiger partial charge on any atom is -0.506 e. The summed E-state index contributed by atoms with van der Waals surface area (Å²) in [6, 6.07) is 4.14. The Morgan fingerprint density at radius 1 is 1.50 bits per heavy atom. The van der Waals surface area contributed by atoms with E-state index in [2.05, 4.69) is 5.32 Å². The van der Waals surface area contributed by atoms with Crippen LogP contribution in [0, 0.1) is 0 Å². The highest BCUT2D eigenvalue weighted by Crippen LogP contribution is 2.23. The number of nitrogens with one attached hydrogen (secondary N) is 1. The average molecular weight is 167 g/mol. The van der Waals surface area contributed by atoms with Crippen molar-refractivity contribution in [1.29, 1.82) is 0 Å². The maximum absolute atomic E-state index is 10.4. The topological polar surface area (TPSA) is 69.6 Å². The van der Waals surface area contributed by atoms with Crippen molar-refractivity contribution >= 4 is 11.7 Å². The van der Waals surface area contributed by atoms with E-state index in [4.69, 9.17) is 5.11 Å². The van der Waals surface area contributed by atoms with E-state index in [1.165, 1.54) is 18.2 Å². The molecule has 1 aromatic carbocycles. The Hall–Kier alpha value is -1.71. The summed E-state index contributed by atoms with van der Waals surface area (Å²) in [4.78, 5) is 10.4. The number of carboxylic acid groups (broad SMARTS) is 1. The molecule has 12 heavy (non-hydrogen) atoms. The molecule has 64 valence electrons. The summed E-state index contributed by atoms with van der Waals surface area (Å²) < 4.78 is 0. The molecule has 0 aliphatic rings. The van der Waals surface area contributed by atoms with Crippen molar-refractivity contribution in [3.05, 3.63) is 23.8 Å². The molecular formula is C8H9NO3. The molecule has 0 aromatic heterocycles. The number of phenolic OH excluding ortho intramolecular Hbond substituents is 1. The van der Waals surface area contributed by atoms with Gasteiger partial charge in [0.1, 0.15) is 5.75 Å². The van der Waals surface area contributed by atoms with E-state index in [1.807, 2.05) is 0 Å². The van der Waals surface area contributed by atoms with Crippen LogP contribution in [0.25, 0.3) is 0 Å². The fourth-order valence-corrected chi connectivity index (χ4v) is 0.876. The minimum atomic E-state index is -1.05. The first kappa shape index (κ1) is 8.39. The molecule has 0 amide bonds. The van der Waals surface area contributed by atoms with Crippen LogP contribution in [0.1, 0.15) is 10.4 Å². The predicted molar refractivity (Wildman–Crippen MR) is 44.6 cm³/mol. The lowest BCUT2D eigenvalue weighted by atomic mass is 10.2. The predicted octanol–water partition coefficient (Wildman–Crippen LogP) is 1.13. The number of anilines is 1. The Morgan fingerprint density at radius 2 is 2.17 bits per heavy atom. The van der Waals surface area contributed by atoms with Gasteiger partial charge >= 0.3 is 5.97 Å². The number of hydrogen-bond donors (Lipinski definition) is 3. The van der Waals surface area contributed by atoms with Gasteiger partial charge in [0, 0.05) is 7.05 Å². The highest BCUT2D eigenvalue weighted by Gasteiger charge is 2.05. The molecule has 0 aliphatic heterocycles. The van der Waals surface area contributed by atoms with E-state index in [1.54, 1.807) is 7.05 Å². The molecule has 0 atom stereocenters. The second-order valence-corrected chi connectivity index (χ2v) is 2.29. The van der Waals surface area contributed by atoms with Crippen molar-refractivity contribution in [2.75, 3.05) is 12.4 Å². The van der Waals surface area contributed by atoms with Crippen molar-refractivity contribution in [2.45, 2.75) is 0 Å². The molecule has 1 aromatic rings. The zero-order valence-electron chi connectivity index (χ0n) is 6.53. The molecule has 0 fully saturated rings. The molecule has 0 spiro atoms. The Balaban J connectivity index is 3.10. The Kier molecular flexibility index (Phi) is 2.19. The second kappa shape index (κ2) is 3.13. The molecule has 0 aliphatic carbocycles. The molecule has 0 heterocycles. The van der Waals surface area contributed by atoms with Crippen LogP contribution in [0.4, 0.5) is 5.69 Å². The molecule has 1 rings (SSSR count). The van der Waals surface area contributed by atoms with E-state index in [0.29, 0.717) is 5.69 Å². The lowest BCUT2D eigenvalue weighted by molar-refractivity contribution is 0.0696. The van der Waals surface area contributed by atoms with E-state index in [0.717, 1.165) is 0 Å². The number of phenols is 1. The van der Waals surface area contributed by atoms with Crippen molar-refractivity contribution in [3.8, 4) is 5.75 Å². The fourth-order valence-electron chi connectivity index (χ4n) is 0.876. The largest absolute Gasteiger partial charge is 0.506 e. The quantitative estimate of drug-likeness (QED) is 0.577. The van der Waals surface area contributed by atoms with E-state index in [9.17, 15) is 9.90 Å². The number of aromatic hydroxyl groups is 1. The van der Waals surface area contributed by atoms with Gasteiger partial charge in [0.15, 0.2) is 0 Å². The maximum atomic E-state index is 10.4. The summed E-state index contributed by atoms with van der Waals surface area (Å²) in [5.41, 5.74) is 0.589. The third-order valence-electron chi connectivity index (χ3n) is 1.51. The van der Waals surface area contributed by atoms with E-state index >= 15 is 0 Å². The lowest BCUT2D eigenvalue weighted by Crippen LogP contribution is -1.96. The molecule has 3 N–H and O–H groups in total. The van der Waals surface area contributed by atoms with Crippen LogP contribution in [-0.2, 0) is 0 Å². The van der Waals surface area contributed by atoms with Gasteiger partial charge in [-0.2, -0.15) is 0 Å². The lowest BCUT2D eigenvalue weighted by Gasteiger charge is -2.03. The van der Waals surface area contributed by atoms with Gasteiger partial charge in [-0.1, -0.05) is 0 Å². The standard InChI is InChI=1S/C8H9NO3/c1-9-6-3-2-5(8(11)12)4-7(6)10/h2-4,9-10H,1H3,(H,11,12). The zero-order chi connectivity index (χ0) is 9.14. The van der Waals surface area contributed by atoms with Gasteiger partial charge < -0.3 is 15.5 Å².